The minimum absolute atomic E-state index is 0.220. The van der Waals surface area contributed by atoms with E-state index in [1.54, 1.807) is 13.1 Å². The van der Waals surface area contributed by atoms with Gasteiger partial charge in [0.15, 0.2) is 16.6 Å². The van der Waals surface area contributed by atoms with Crippen LogP contribution in [0, 0.1) is 11.8 Å². The Balaban J connectivity index is 1.52. The minimum atomic E-state index is -0.405. The molecular formula is C18H12N8OS. The van der Waals surface area contributed by atoms with Gasteiger partial charge in [0.1, 0.15) is 5.69 Å². The van der Waals surface area contributed by atoms with Crippen molar-refractivity contribution in [3.63, 3.8) is 0 Å². The molecule has 28 heavy (non-hydrogen) atoms. The van der Waals surface area contributed by atoms with Crippen molar-refractivity contribution in [3.8, 4) is 29.0 Å². The van der Waals surface area contributed by atoms with E-state index < -0.39 is 5.91 Å². The number of aromatic nitrogens is 7. The molecule has 4 rings (SSSR count). The Kier molecular flexibility index (Phi) is 4.81. The fraction of sp³-hybridized carbons (Fsp3) is 0.0556. The molecule has 1 N–H and O–H groups in total. The standard InChI is InChI=1S/C18H12N8OS/c1-2-3-12-4-5-13(21-8-12)14-11-28-18(23-14)24-17(27)15-9-22-25-26(15)16-10-19-6-7-20-16/h4-11H,1H3,(H,23,24,27). The zero-order valence-corrected chi connectivity index (χ0v) is 15.4. The van der Waals surface area contributed by atoms with Crippen molar-refractivity contribution in [2.75, 3.05) is 5.32 Å². The summed E-state index contributed by atoms with van der Waals surface area (Å²) in [6.07, 6.45) is 7.58. The molecule has 0 bridgehead atoms. The molecule has 4 aromatic heterocycles. The number of carbonyl (C=O) groups is 1. The predicted octanol–water partition coefficient (Wildman–Crippen LogP) is 2.20. The van der Waals surface area contributed by atoms with E-state index >= 15 is 0 Å². The maximum Gasteiger partial charge on any atom is 0.277 e. The van der Waals surface area contributed by atoms with E-state index in [2.05, 4.69) is 47.4 Å². The van der Waals surface area contributed by atoms with Crippen molar-refractivity contribution in [1.82, 2.24) is 34.9 Å². The Morgan fingerprint density at radius 2 is 2.07 bits per heavy atom. The van der Waals surface area contributed by atoms with Crippen LogP contribution in [0.25, 0.3) is 17.2 Å². The van der Waals surface area contributed by atoms with Crippen molar-refractivity contribution in [2.24, 2.45) is 0 Å². The van der Waals surface area contributed by atoms with Crippen molar-refractivity contribution in [3.05, 3.63) is 59.8 Å². The lowest BCUT2D eigenvalue weighted by Crippen LogP contribution is -2.17. The summed E-state index contributed by atoms with van der Waals surface area (Å²) >= 11 is 1.30. The number of nitrogens with one attached hydrogen (secondary N) is 1. The first-order valence-corrected chi connectivity index (χ1v) is 8.95. The highest BCUT2D eigenvalue weighted by Crippen LogP contribution is 2.24. The van der Waals surface area contributed by atoms with E-state index in [0.29, 0.717) is 22.3 Å². The number of thiazole rings is 1. The zero-order valence-electron chi connectivity index (χ0n) is 14.6. The summed E-state index contributed by atoms with van der Waals surface area (Å²) in [7, 11) is 0. The van der Waals surface area contributed by atoms with Crippen LogP contribution < -0.4 is 5.32 Å². The Morgan fingerprint density at radius 3 is 2.82 bits per heavy atom. The number of pyridine rings is 1. The third kappa shape index (κ3) is 3.60. The van der Waals surface area contributed by atoms with Gasteiger partial charge in [-0.2, -0.15) is 4.68 Å². The van der Waals surface area contributed by atoms with Crippen LogP contribution in [-0.4, -0.2) is 40.8 Å². The van der Waals surface area contributed by atoms with E-state index in [1.807, 2.05) is 17.5 Å². The van der Waals surface area contributed by atoms with E-state index in [0.717, 1.165) is 5.56 Å². The zero-order chi connectivity index (χ0) is 19.3. The third-order valence-electron chi connectivity index (χ3n) is 3.57. The smallest absolute Gasteiger partial charge is 0.277 e. The van der Waals surface area contributed by atoms with Crippen molar-refractivity contribution < 1.29 is 4.79 Å². The van der Waals surface area contributed by atoms with Crippen molar-refractivity contribution >= 4 is 22.4 Å². The number of nitrogens with zero attached hydrogens (tertiary/aromatic N) is 7. The Hall–Kier alpha value is -3.97. The summed E-state index contributed by atoms with van der Waals surface area (Å²) in [5, 5.41) is 12.7. The van der Waals surface area contributed by atoms with Gasteiger partial charge in [-0.05, 0) is 19.1 Å². The third-order valence-corrected chi connectivity index (χ3v) is 4.33. The maximum absolute atomic E-state index is 12.6. The summed E-state index contributed by atoms with van der Waals surface area (Å²) in [6, 6.07) is 3.72. The minimum Gasteiger partial charge on any atom is -0.296 e. The van der Waals surface area contributed by atoms with Crippen LogP contribution in [0.1, 0.15) is 23.0 Å². The molecule has 4 heterocycles. The summed E-state index contributed by atoms with van der Waals surface area (Å²) < 4.78 is 1.31. The fourth-order valence-corrected chi connectivity index (χ4v) is 3.03. The lowest BCUT2D eigenvalue weighted by Gasteiger charge is -2.04. The van der Waals surface area contributed by atoms with Crippen LogP contribution in [0.2, 0.25) is 0 Å². The molecule has 0 aromatic carbocycles. The van der Waals surface area contributed by atoms with Crippen LogP contribution in [0.5, 0.6) is 0 Å². The van der Waals surface area contributed by atoms with Gasteiger partial charge in [0.05, 0.1) is 18.1 Å². The summed E-state index contributed by atoms with van der Waals surface area (Å²) in [4.78, 5) is 29.5. The molecule has 0 atom stereocenters. The highest BCUT2D eigenvalue weighted by molar-refractivity contribution is 7.14. The summed E-state index contributed by atoms with van der Waals surface area (Å²) in [5.41, 5.74) is 2.42. The number of hydrogen-bond donors (Lipinski definition) is 1. The van der Waals surface area contributed by atoms with Crippen LogP contribution in [0.4, 0.5) is 5.13 Å². The number of hydrogen-bond acceptors (Lipinski definition) is 8. The Bertz CT molecular complexity index is 1170. The molecule has 1 amide bonds. The van der Waals surface area contributed by atoms with Gasteiger partial charge in [0, 0.05) is 29.5 Å². The van der Waals surface area contributed by atoms with E-state index in [-0.39, 0.29) is 5.69 Å². The molecule has 0 saturated heterocycles. The second-order valence-corrected chi connectivity index (χ2v) is 6.25. The van der Waals surface area contributed by atoms with Crippen LogP contribution in [-0.2, 0) is 0 Å². The average Bonchev–Trinajstić information content (AvgIpc) is 3.39. The van der Waals surface area contributed by atoms with Gasteiger partial charge in [-0.1, -0.05) is 11.1 Å². The molecule has 136 valence electrons. The maximum atomic E-state index is 12.6. The molecular weight excluding hydrogens is 376 g/mol. The molecule has 0 spiro atoms. The second-order valence-electron chi connectivity index (χ2n) is 5.39. The van der Waals surface area contributed by atoms with Crippen molar-refractivity contribution in [2.45, 2.75) is 6.92 Å². The Morgan fingerprint density at radius 1 is 1.14 bits per heavy atom. The van der Waals surface area contributed by atoms with Gasteiger partial charge in [-0.25, -0.2) is 9.97 Å². The van der Waals surface area contributed by atoms with Crippen LogP contribution in [0.3, 0.4) is 0 Å². The number of rotatable bonds is 4. The highest BCUT2D eigenvalue weighted by Gasteiger charge is 2.17. The number of anilines is 1. The topological polar surface area (TPSA) is 111 Å². The average molecular weight is 388 g/mol. The predicted molar refractivity (Wildman–Crippen MR) is 103 cm³/mol. The molecule has 10 heteroatoms. The van der Waals surface area contributed by atoms with Gasteiger partial charge in [-0.15, -0.1) is 22.4 Å². The Labute approximate surface area is 163 Å². The fourth-order valence-electron chi connectivity index (χ4n) is 2.33. The molecule has 0 saturated carbocycles. The van der Waals surface area contributed by atoms with Gasteiger partial charge >= 0.3 is 0 Å². The van der Waals surface area contributed by atoms with Crippen LogP contribution >= 0.6 is 11.3 Å². The molecule has 4 aromatic rings. The van der Waals surface area contributed by atoms with Gasteiger partial charge in [-0.3, -0.25) is 20.1 Å². The number of amides is 1. The van der Waals surface area contributed by atoms with Crippen molar-refractivity contribution in [1.29, 1.82) is 0 Å². The quantitative estimate of drug-likeness (QED) is 0.533. The molecule has 0 radical (unpaired) electrons. The molecule has 0 aliphatic carbocycles. The summed E-state index contributed by atoms with van der Waals surface area (Å²) in [6.45, 7) is 1.77. The molecule has 0 fully saturated rings. The van der Waals surface area contributed by atoms with E-state index in [9.17, 15) is 4.79 Å². The first kappa shape index (κ1) is 17.4. The molecule has 9 nitrogen and oxygen atoms in total. The van der Waals surface area contributed by atoms with Crippen LogP contribution in [0.15, 0.2) is 48.5 Å². The molecule has 0 unspecified atom stereocenters. The normalized spacial score (nSPS) is 10.2. The molecule has 0 aliphatic heterocycles. The lowest BCUT2D eigenvalue weighted by molar-refractivity contribution is 0.101. The monoisotopic (exact) mass is 388 g/mol. The second kappa shape index (κ2) is 7.73. The first-order valence-electron chi connectivity index (χ1n) is 8.08. The molecule has 0 aliphatic rings. The summed E-state index contributed by atoms with van der Waals surface area (Å²) in [5.74, 6) is 5.76. The lowest BCUT2D eigenvalue weighted by atomic mass is 10.2. The largest absolute Gasteiger partial charge is 0.296 e. The van der Waals surface area contributed by atoms with Gasteiger partial charge in [0.25, 0.3) is 5.91 Å². The van der Waals surface area contributed by atoms with Gasteiger partial charge < -0.3 is 0 Å². The number of carbonyl (C=O) groups excluding carboxylic acids is 1. The van der Waals surface area contributed by atoms with E-state index in [1.165, 1.54) is 40.8 Å². The SMILES string of the molecule is CC#Cc1ccc(-c2csc(NC(=O)c3cnnn3-c3cnccn3)n2)nc1. The highest BCUT2D eigenvalue weighted by atomic mass is 32.1. The van der Waals surface area contributed by atoms with E-state index in [4.69, 9.17) is 0 Å². The van der Waals surface area contributed by atoms with Gasteiger partial charge in [0.2, 0.25) is 0 Å². The first-order chi connectivity index (χ1) is 13.7.